The smallest absolute Gasteiger partial charge is 0.220 e. The van der Waals surface area contributed by atoms with Gasteiger partial charge in [-0.25, -0.2) is 0 Å². The van der Waals surface area contributed by atoms with Crippen LogP contribution < -0.4 is 5.32 Å². The zero-order valence-corrected chi connectivity index (χ0v) is 10.1. The van der Waals surface area contributed by atoms with E-state index in [4.69, 9.17) is 11.6 Å². The predicted molar refractivity (Wildman–Crippen MR) is 59.5 cm³/mol. The molecule has 0 bridgehead atoms. The highest BCUT2D eigenvalue weighted by atomic mass is 35.5. The van der Waals surface area contributed by atoms with Gasteiger partial charge in [-0.2, -0.15) is 0 Å². The SMILES string of the molecule is CC(C)(C)CC(=O)NCC1(CCl)CC1. The number of hydrogen-bond donors (Lipinski definition) is 1. The maximum Gasteiger partial charge on any atom is 0.220 e. The van der Waals surface area contributed by atoms with E-state index in [1.54, 1.807) is 0 Å². The highest BCUT2D eigenvalue weighted by Crippen LogP contribution is 2.45. The van der Waals surface area contributed by atoms with Gasteiger partial charge in [-0.05, 0) is 18.3 Å². The summed E-state index contributed by atoms with van der Waals surface area (Å²) in [6.07, 6.45) is 2.91. The first kappa shape index (κ1) is 11.8. The van der Waals surface area contributed by atoms with E-state index in [0.29, 0.717) is 12.3 Å². The fourth-order valence-electron chi connectivity index (χ4n) is 1.36. The molecule has 1 saturated carbocycles. The Balaban J connectivity index is 2.22. The summed E-state index contributed by atoms with van der Waals surface area (Å²) in [6, 6.07) is 0. The molecule has 1 fully saturated rings. The van der Waals surface area contributed by atoms with E-state index >= 15 is 0 Å². The zero-order valence-electron chi connectivity index (χ0n) is 9.32. The lowest BCUT2D eigenvalue weighted by Crippen LogP contribution is -2.33. The van der Waals surface area contributed by atoms with E-state index in [1.165, 1.54) is 0 Å². The van der Waals surface area contributed by atoms with Gasteiger partial charge in [0.05, 0.1) is 0 Å². The number of rotatable bonds is 4. The van der Waals surface area contributed by atoms with E-state index in [-0.39, 0.29) is 16.7 Å². The van der Waals surface area contributed by atoms with Crippen molar-refractivity contribution in [3.8, 4) is 0 Å². The molecule has 0 aromatic rings. The minimum atomic E-state index is 0.0712. The van der Waals surface area contributed by atoms with Crippen LogP contribution in [0.3, 0.4) is 0 Å². The Hall–Kier alpha value is -0.240. The summed E-state index contributed by atoms with van der Waals surface area (Å²) in [5.74, 6) is 0.817. The minimum absolute atomic E-state index is 0.0712. The highest BCUT2D eigenvalue weighted by Gasteiger charge is 2.41. The van der Waals surface area contributed by atoms with Crippen LogP contribution in [0.1, 0.15) is 40.0 Å². The van der Waals surface area contributed by atoms with Crippen molar-refractivity contribution >= 4 is 17.5 Å². The van der Waals surface area contributed by atoms with Gasteiger partial charge in [-0.1, -0.05) is 20.8 Å². The third kappa shape index (κ3) is 3.87. The molecule has 0 aliphatic heterocycles. The van der Waals surface area contributed by atoms with Crippen molar-refractivity contribution in [1.82, 2.24) is 5.32 Å². The van der Waals surface area contributed by atoms with Crippen LogP contribution in [0, 0.1) is 10.8 Å². The number of amides is 1. The number of hydrogen-bond acceptors (Lipinski definition) is 1. The van der Waals surface area contributed by atoms with Crippen molar-refractivity contribution in [2.75, 3.05) is 12.4 Å². The van der Waals surface area contributed by atoms with E-state index in [0.717, 1.165) is 19.4 Å². The van der Waals surface area contributed by atoms with E-state index in [9.17, 15) is 4.79 Å². The van der Waals surface area contributed by atoms with Gasteiger partial charge in [0.25, 0.3) is 0 Å². The third-order valence-corrected chi connectivity index (χ3v) is 3.16. The Morgan fingerprint density at radius 2 is 2.00 bits per heavy atom. The molecule has 0 aromatic carbocycles. The second-order valence-corrected chi connectivity index (χ2v) is 5.92. The third-order valence-electron chi connectivity index (χ3n) is 2.59. The molecule has 0 atom stereocenters. The summed E-state index contributed by atoms with van der Waals surface area (Å²) < 4.78 is 0. The lowest BCUT2D eigenvalue weighted by atomic mass is 9.92. The first-order chi connectivity index (χ1) is 6.37. The topological polar surface area (TPSA) is 29.1 Å². The van der Waals surface area contributed by atoms with Crippen molar-refractivity contribution in [3.63, 3.8) is 0 Å². The Morgan fingerprint density at radius 1 is 1.43 bits per heavy atom. The van der Waals surface area contributed by atoms with E-state index in [1.807, 2.05) is 0 Å². The molecule has 0 saturated heterocycles. The van der Waals surface area contributed by atoms with E-state index in [2.05, 4.69) is 26.1 Å². The quantitative estimate of drug-likeness (QED) is 0.721. The van der Waals surface area contributed by atoms with Crippen LogP contribution in [-0.2, 0) is 4.79 Å². The van der Waals surface area contributed by atoms with Crippen LogP contribution in [0.2, 0.25) is 0 Å². The standard InChI is InChI=1S/C11H20ClNO/c1-10(2,3)6-9(14)13-8-11(7-12)4-5-11/h4-8H2,1-3H3,(H,13,14). The van der Waals surface area contributed by atoms with Crippen molar-refractivity contribution in [2.24, 2.45) is 10.8 Å². The van der Waals surface area contributed by atoms with Crippen LogP contribution in [-0.4, -0.2) is 18.3 Å². The molecule has 1 amide bonds. The predicted octanol–water partition coefficient (Wildman–Crippen LogP) is 2.56. The first-order valence-electron chi connectivity index (χ1n) is 5.20. The molecule has 82 valence electrons. The molecule has 14 heavy (non-hydrogen) atoms. The van der Waals surface area contributed by atoms with Crippen LogP contribution in [0.5, 0.6) is 0 Å². The van der Waals surface area contributed by atoms with Crippen molar-refractivity contribution in [1.29, 1.82) is 0 Å². The lowest BCUT2D eigenvalue weighted by Gasteiger charge is -2.19. The van der Waals surface area contributed by atoms with Crippen LogP contribution >= 0.6 is 11.6 Å². The van der Waals surface area contributed by atoms with E-state index < -0.39 is 0 Å². The highest BCUT2D eigenvalue weighted by molar-refractivity contribution is 6.18. The molecule has 3 heteroatoms. The molecule has 0 radical (unpaired) electrons. The maximum absolute atomic E-state index is 11.5. The van der Waals surface area contributed by atoms with Gasteiger partial charge in [0.1, 0.15) is 0 Å². The largest absolute Gasteiger partial charge is 0.355 e. The van der Waals surface area contributed by atoms with Gasteiger partial charge in [0.2, 0.25) is 5.91 Å². The monoisotopic (exact) mass is 217 g/mol. The molecule has 0 spiro atoms. The fraction of sp³-hybridized carbons (Fsp3) is 0.909. The van der Waals surface area contributed by atoms with Gasteiger partial charge in [-0.3, -0.25) is 4.79 Å². The van der Waals surface area contributed by atoms with Crippen LogP contribution in [0.25, 0.3) is 0 Å². The van der Waals surface area contributed by atoms with Gasteiger partial charge in [0.15, 0.2) is 0 Å². The Labute approximate surface area is 91.4 Å². The Morgan fingerprint density at radius 3 is 2.36 bits per heavy atom. The van der Waals surface area contributed by atoms with Gasteiger partial charge >= 0.3 is 0 Å². The Kier molecular flexibility index (Phi) is 3.46. The molecule has 1 aliphatic rings. The molecule has 1 aliphatic carbocycles. The minimum Gasteiger partial charge on any atom is -0.355 e. The number of carbonyl (C=O) groups excluding carboxylic acids is 1. The van der Waals surface area contributed by atoms with Crippen LogP contribution in [0.15, 0.2) is 0 Å². The van der Waals surface area contributed by atoms with Gasteiger partial charge < -0.3 is 5.32 Å². The molecular formula is C11H20ClNO. The molecular weight excluding hydrogens is 198 g/mol. The maximum atomic E-state index is 11.5. The molecule has 1 N–H and O–H groups in total. The molecule has 1 rings (SSSR count). The fourth-order valence-corrected chi connectivity index (χ4v) is 1.73. The lowest BCUT2D eigenvalue weighted by molar-refractivity contribution is -0.123. The zero-order chi connectivity index (χ0) is 10.8. The molecule has 0 aromatic heterocycles. The average molecular weight is 218 g/mol. The number of nitrogens with one attached hydrogen (secondary N) is 1. The summed E-state index contributed by atoms with van der Waals surface area (Å²) >= 11 is 5.82. The number of halogens is 1. The second-order valence-electron chi connectivity index (χ2n) is 5.65. The number of carbonyl (C=O) groups is 1. The Bertz CT molecular complexity index is 216. The second kappa shape index (κ2) is 4.09. The van der Waals surface area contributed by atoms with Crippen molar-refractivity contribution < 1.29 is 4.79 Å². The molecule has 0 heterocycles. The average Bonchev–Trinajstić information content (AvgIpc) is 2.78. The van der Waals surface area contributed by atoms with Gasteiger partial charge in [0, 0.05) is 24.3 Å². The van der Waals surface area contributed by atoms with Gasteiger partial charge in [-0.15, -0.1) is 11.6 Å². The summed E-state index contributed by atoms with van der Waals surface area (Å²) in [7, 11) is 0. The number of alkyl halides is 1. The molecule has 2 nitrogen and oxygen atoms in total. The summed E-state index contributed by atoms with van der Waals surface area (Å²) in [6.45, 7) is 6.97. The van der Waals surface area contributed by atoms with Crippen LogP contribution in [0.4, 0.5) is 0 Å². The van der Waals surface area contributed by atoms with Crippen molar-refractivity contribution in [2.45, 2.75) is 40.0 Å². The van der Waals surface area contributed by atoms with Crippen molar-refractivity contribution in [3.05, 3.63) is 0 Å². The summed E-state index contributed by atoms with van der Waals surface area (Å²) in [5, 5.41) is 2.97. The summed E-state index contributed by atoms with van der Waals surface area (Å²) in [4.78, 5) is 11.5. The molecule has 0 unspecified atom stereocenters. The summed E-state index contributed by atoms with van der Waals surface area (Å²) in [5.41, 5.74) is 0.302. The first-order valence-corrected chi connectivity index (χ1v) is 5.73. The normalized spacial score (nSPS) is 19.1.